The van der Waals surface area contributed by atoms with E-state index in [4.69, 9.17) is 0 Å². The SMILES string of the molecule is Cc1nc(C)c(C#N)c(SCC(=O)N(/N=C/c2ccccc2)c2cccc(C(F)(F)F)c2)n1. The molecule has 0 aliphatic carbocycles. The summed E-state index contributed by atoms with van der Waals surface area (Å²) in [6.45, 7) is 3.33. The van der Waals surface area contributed by atoms with Gasteiger partial charge < -0.3 is 0 Å². The van der Waals surface area contributed by atoms with E-state index in [1.807, 2.05) is 12.1 Å². The van der Waals surface area contributed by atoms with E-state index in [1.54, 1.807) is 38.1 Å². The molecule has 0 aliphatic heterocycles. The molecule has 1 heterocycles. The number of aromatic nitrogens is 2. The van der Waals surface area contributed by atoms with Gasteiger partial charge in [0.25, 0.3) is 5.91 Å². The maximum Gasteiger partial charge on any atom is 0.416 e. The van der Waals surface area contributed by atoms with Gasteiger partial charge in [0, 0.05) is 0 Å². The predicted molar refractivity (Wildman–Crippen MR) is 120 cm³/mol. The molecule has 0 bridgehead atoms. The van der Waals surface area contributed by atoms with Crippen LogP contribution in [0.5, 0.6) is 0 Å². The fourth-order valence-corrected chi connectivity index (χ4v) is 3.77. The lowest BCUT2D eigenvalue weighted by atomic mass is 10.2. The number of benzene rings is 2. The van der Waals surface area contributed by atoms with E-state index in [0.29, 0.717) is 22.1 Å². The number of carbonyl (C=O) groups is 1. The van der Waals surface area contributed by atoms with Gasteiger partial charge in [-0.1, -0.05) is 48.2 Å². The second-order valence-electron chi connectivity index (χ2n) is 6.85. The Kier molecular flexibility index (Phi) is 7.45. The Bertz CT molecular complexity index is 1220. The van der Waals surface area contributed by atoms with Crippen LogP contribution in [-0.2, 0) is 11.0 Å². The topological polar surface area (TPSA) is 82.2 Å². The first-order valence-electron chi connectivity index (χ1n) is 9.66. The van der Waals surface area contributed by atoms with Crippen LogP contribution in [0.15, 0.2) is 64.7 Å². The predicted octanol–water partition coefficient (Wildman–Crippen LogP) is 5.14. The zero-order chi connectivity index (χ0) is 24.0. The zero-order valence-corrected chi connectivity index (χ0v) is 18.5. The molecule has 2 aromatic carbocycles. The standard InChI is InChI=1S/C23H18F3N5OS/c1-15-20(12-27)22(30-16(2)29-15)33-14-21(32)31(28-13-17-7-4-3-5-8-17)19-10-6-9-18(11-19)23(24,25)26/h3-11,13H,14H2,1-2H3/b28-13+. The van der Waals surface area contributed by atoms with Crippen molar-refractivity contribution in [3.63, 3.8) is 0 Å². The Hall–Kier alpha value is -3.71. The largest absolute Gasteiger partial charge is 0.416 e. The third-order valence-corrected chi connectivity index (χ3v) is 5.35. The van der Waals surface area contributed by atoms with E-state index >= 15 is 0 Å². The molecule has 0 radical (unpaired) electrons. The molecular formula is C23H18F3N5OS. The van der Waals surface area contributed by atoms with Crippen LogP contribution in [0.25, 0.3) is 0 Å². The highest BCUT2D eigenvalue weighted by Gasteiger charge is 2.31. The molecule has 0 fully saturated rings. The highest BCUT2D eigenvalue weighted by atomic mass is 32.2. The molecule has 6 nitrogen and oxygen atoms in total. The first-order valence-corrected chi connectivity index (χ1v) is 10.6. The summed E-state index contributed by atoms with van der Waals surface area (Å²) in [5, 5.41) is 14.8. The van der Waals surface area contributed by atoms with Crippen molar-refractivity contribution in [3.05, 3.63) is 82.8 Å². The lowest BCUT2D eigenvalue weighted by Crippen LogP contribution is -2.28. The van der Waals surface area contributed by atoms with Gasteiger partial charge in [-0.25, -0.2) is 15.0 Å². The third-order valence-electron chi connectivity index (χ3n) is 4.39. The highest BCUT2D eigenvalue weighted by Crippen LogP contribution is 2.32. The number of carbonyl (C=O) groups excluding carboxylic acids is 1. The molecule has 0 atom stereocenters. The monoisotopic (exact) mass is 469 g/mol. The van der Waals surface area contributed by atoms with Crippen LogP contribution in [-0.4, -0.2) is 27.8 Å². The van der Waals surface area contributed by atoms with E-state index in [-0.39, 0.29) is 17.0 Å². The summed E-state index contributed by atoms with van der Waals surface area (Å²) in [6, 6.07) is 15.3. The number of anilines is 1. The fourth-order valence-electron chi connectivity index (χ4n) is 2.86. The molecule has 1 aromatic heterocycles. The summed E-state index contributed by atoms with van der Waals surface area (Å²) in [4.78, 5) is 21.4. The van der Waals surface area contributed by atoms with Crippen molar-refractivity contribution in [2.45, 2.75) is 25.0 Å². The maximum atomic E-state index is 13.2. The van der Waals surface area contributed by atoms with Crippen LogP contribution in [0.3, 0.4) is 0 Å². The number of rotatable bonds is 6. The molecule has 3 rings (SSSR count). The van der Waals surface area contributed by atoms with Crippen LogP contribution in [0.4, 0.5) is 18.9 Å². The normalized spacial score (nSPS) is 11.4. The van der Waals surface area contributed by atoms with Gasteiger partial charge in [-0.15, -0.1) is 0 Å². The zero-order valence-electron chi connectivity index (χ0n) is 17.7. The Morgan fingerprint density at radius 1 is 1.15 bits per heavy atom. The number of amides is 1. The van der Waals surface area contributed by atoms with Crippen molar-refractivity contribution in [1.82, 2.24) is 9.97 Å². The van der Waals surface area contributed by atoms with Gasteiger partial charge in [-0.2, -0.15) is 23.5 Å². The van der Waals surface area contributed by atoms with Crippen molar-refractivity contribution in [1.29, 1.82) is 5.26 Å². The van der Waals surface area contributed by atoms with E-state index in [2.05, 4.69) is 15.1 Å². The van der Waals surface area contributed by atoms with Gasteiger partial charge in [0.15, 0.2) is 0 Å². The number of hydrazone groups is 1. The van der Waals surface area contributed by atoms with Gasteiger partial charge in [0.05, 0.1) is 28.9 Å². The van der Waals surface area contributed by atoms with Crippen LogP contribution in [0.1, 0.15) is 28.2 Å². The summed E-state index contributed by atoms with van der Waals surface area (Å²) < 4.78 is 39.7. The van der Waals surface area contributed by atoms with Crippen LogP contribution in [0, 0.1) is 25.2 Å². The van der Waals surface area contributed by atoms with Crippen LogP contribution >= 0.6 is 11.8 Å². The average Bonchev–Trinajstić information content (AvgIpc) is 2.78. The molecule has 0 spiro atoms. The molecular weight excluding hydrogens is 451 g/mol. The summed E-state index contributed by atoms with van der Waals surface area (Å²) in [5.74, 6) is -0.338. The lowest BCUT2D eigenvalue weighted by molar-refractivity contribution is -0.137. The van der Waals surface area contributed by atoms with Crippen LogP contribution < -0.4 is 5.01 Å². The number of hydrogen-bond donors (Lipinski definition) is 0. The smallest absolute Gasteiger partial charge is 0.272 e. The van der Waals surface area contributed by atoms with Crippen molar-refractivity contribution < 1.29 is 18.0 Å². The number of nitrogens with zero attached hydrogens (tertiary/aromatic N) is 5. The molecule has 3 aromatic rings. The number of nitriles is 1. The Balaban J connectivity index is 1.92. The average molecular weight is 469 g/mol. The fraction of sp³-hybridized carbons (Fsp3) is 0.174. The number of aryl methyl sites for hydroxylation is 2. The van der Waals surface area contributed by atoms with Crippen molar-refractivity contribution >= 4 is 29.6 Å². The van der Waals surface area contributed by atoms with Crippen molar-refractivity contribution in [2.75, 3.05) is 10.8 Å². The summed E-state index contributed by atoms with van der Waals surface area (Å²) >= 11 is 1.00. The van der Waals surface area contributed by atoms with E-state index in [1.165, 1.54) is 18.3 Å². The van der Waals surface area contributed by atoms with Crippen molar-refractivity contribution in [3.8, 4) is 6.07 Å². The van der Waals surface area contributed by atoms with Gasteiger partial charge in [0.1, 0.15) is 22.5 Å². The van der Waals surface area contributed by atoms with Crippen molar-refractivity contribution in [2.24, 2.45) is 5.10 Å². The Morgan fingerprint density at radius 3 is 2.55 bits per heavy atom. The second-order valence-corrected chi connectivity index (χ2v) is 7.81. The Labute approximate surface area is 192 Å². The third kappa shape index (κ3) is 6.17. The van der Waals surface area contributed by atoms with E-state index in [0.717, 1.165) is 28.9 Å². The van der Waals surface area contributed by atoms with Gasteiger partial charge in [-0.05, 0) is 37.6 Å². The molecule has 0 saturated heterocycles. The summed E-state index contributed by atoms with van der Waals surface area (Å²) in [6.07, 6.45) is -3.18. The molecule has 0 aliphatic rings. The molecule has 168 valence electrons. The molecule has 1 amide bonds. The van der Waals surface area contributed by atoms with E-state index in [9.17, 15) is 23.2 Å². The molecule has 10 heteroatoms. The first kappa shape index (κ1) is 23.9. The number of halogens is 3. The minimum atomic E-state index is -4.57. The molecule has 33 heavy (non-hydrogen) atoms. The summed E-state index contributed by atoms with van der Waals surface area (Å²) in [7, 11) is 0. The quantitative estimate of drug-likeness (QED) is 0.216. The van der Waals surface area contributed by atoms with E-state index < -0.39 is 17.6 Å². The molecule has 0 unspecified atom stereocenters. The number of thioether (sulfide) groups is 1. The minimum absolute atomic E-state index is 0.0295. The number of hydrogen-bond acceptors (Lipinski definition) is 6. The first-order chi connectivity index (χ1) is 15.7. The number of alkyl halides is 3. The minimum Gasteiger partial charge on any atom is -0.272 e. The molecule has 0 saturated carbocycles. The second kappa shape index (κ2) is 10.3. The van der Waals surface area contributed by atoms with Gasteiger partial charge in [-0.3, -0.25) is 4.79 Å². The maximum absolute atomic E-state index is 13.2. The van der Waals surface area contributed by atoms with Crippen LogP contribution in [0.2, 0.25) is 0 Å². The Morgan fingerprint density at radius 2 is 1.88 bits per heavy atom. The van der Waals surface area contributed by atoms with Gasteiger partial charge in [0.2, 0.25) is 0 Å². The van der Waals surface area contributed by atoms with Gasteiger partial charge >= 0.3 is 6.18 Å². The summed E-state index contributed by atoms with van der Waals surface area (Å²) in [5.41, 5.74) is 0.477. The lowest BCUT2D eigenvalue weighted by Gasteiger charge is -2.18. The highest BCUT2D eigenvalue weighted by molar-refractivity contribution is 8.00. The molecule has 0 N–H and O–H groups in total.